The van der Waals surface area contributed by atoms with Gasteiger partial charge in [-0.3, -0.25) is 24.0 Å². The topological polar surface area (TPSA) is 785 Å². The van der Waals surface area contributed by atoms with Gasteiger partial charge in [0.1, 0.15) is 201 Å². The normalized spacial score (nSPS) is 47.5. The van der Waals surface area contributed by atoms with Gasteiger partial charge in [-0.05, 0) is 6.92 Å². The van der Waals surface area contributed by atoms with Crippen molar-refractivity contribution in [1.29, 1.82) is 0 Å². The Hall–Kier alpha value is -4.29. The maximum atomic E-state index is 13.1. The lowest BCUT2D eigenvalue weighted by Gasteiger charge is -2.51. The van der Waals surface area contributed by atoms with E-state index in [0.717, 1.165) is 27.7 Å². The highest BCUT2D eigenvalue weighted by atomic mass is 16.9. The average molecular weight is 1730 g/mol. The van der Waals surface area contributed by atoms with Crippen LogP contribution in [0.15, 0.2) is 0 Å². The first-order valence-corrected chi connectivity index (χ1v) is 37.9. The van der Waals surface area contributed by atoms with Gasteiger partial charge in [0, 0.05) is 33.6 Å². The number of ether oxygens (including phenoxy) is 18. The zero-order valence-electron chi connectivity index (χ0n) is 64.3. The number of hydrogen-bond acceptors (Lipinski definition) is 47. The van der Waals surface area contributed by atoms with Crippen molar-refractivity contribution in [2.24, 2.45) is 5.92 Å². The molecule has 0 bridgehead atoms. The van der Waals surface area contributed by atoms with E-state index in [-0.39, 0.29) is 6.47 Å². The highest BCUT2D eigenvalue weighted by Gasteiger charge is 2.62. The molecule has 9 rings (SSSR count). The largest absolute Gasteiger partial charge is 0.410 e. The number of aliphatic hydroxyl groups excluding tert-OH is 24. The van der Waals surface area contributed by atoms with E-state index >= 15 is 0 Å². The molecule has 0 aromatic carbocycles. The lowest BCUT2D eigenvalue weighted by Crippen LogP contribution is -2.70. The molecule has 0 saturated carbocycles. The SMILES string of the molecule is CC(=O)NC1C(O)[C@H](O[C@@H]2OC(CO)[C@H](O)[C@H](O[C@]3(OC=O)C[C@@H](O)[C@@H](C)C([C@@H](O)[C@H](O)CO)O3)C2O)[C@H](CO)O[C@H]1OC1[C@@H](OCC2O[C@@H](O[C@@H]3C(CO)O[C@@H](O[C@@H]4C(CO)O[C@@H](C)C(NC(C)=O)[C@H]4O)C(NC(C)=O)[C@H]3O)C(O)[C@@H](O[C@H]3OC(CO)[C@@H](O)C(O)C3O[C@@H]3OC(CO)[C@@H](O)[C@H](O)C3NC(C)=O)[C@@H]2O)OC(CO)[C@@H](O)[C@@H]1O. The number of aliphatic hydroxyl groups is 24. The van der Waals surface area contributed by atoms with Crippen LogP contribution < -0.4 is 21.3 Å². The first-order valence-electron chi connectivity index (χ1n) is 37.9. The van der Waals surface area contributed by atoms with E-state index < -0.39 is 371 Å². The van der Waals surface area contributed by atoms with Crippen LogP contribution in [-0.4, -0.2) is 488 Å². The quantitative estimate of drug-likeness (QED) is 0.0214. The first-order chi connectivity index (χ1) is 55.8. The predicted molar refractivity (Wildman–Crippen MR) is 367 cm³/mol. The van der Waals surface area contributed by atoms with Crippen molar-refractivity contribution in [2.75, 3.05) is 59.5 Å². The van der Waals surface area contributed by atoms with Crippen molar-refractivity contribution in [1.82, 2.24) is 21.3 Å². The Morgan fingerprint density at radius 2 is 0.720 bits per heavy atom. The Morgan fingerprint density at radius 1 is 0.381 bits per heavy atom. The lowest BCUT2D eigenvalue weighted by molar-refractivity contribution is -0.448. The van der Waals surface area contributed by atoms with Crippen molar-refractivity contribution >= 4 is 30.1 Å². The second-order valence-electron chi connectivity index (χ2n) is 30.1. The Balaban J connectivity index is 1.03. The fraction of sp³-hybridized carbons (Fsp3) is 0.925. The summed E-state index contributed by atoms with van der Waals surface area (Å²) in [6.45, 7) is -3.32. The molecule has 0 aliphatic carbocycles. The minimum atomic E-state index is -2.87. The molecule has 9 heterocycles. The molecule has 28 N–H and O–H groups in total. The third-order valence-electron chi connectivity index (χ3n) is 21.9. The molecule has 9 saturated heterocycles. The van der Waals surface area contributed by atoms with Crippen LogP contribution in [0.1, 0.15) is 48.0 Å². The highest BCUT2D eigenvalue weighted by Crippen LogP contribution is 2.43. The Labute approximate surface area is 670 Å². The molecular formula is C67H112N4O47. The van der Waals surface area contributed by atoms with Crippen molar-refractivity contribution in [3.8, 4) is 0 Å². The van der Waals surface area contributed by atoms with Gasteiger partial charge in [-0.25, -0.2) is 0 Å². The summed E-state index contributed by atoms with van der Waals surface area (Å²) in [5, 5.41) is 279. The smallest absolute Gasteiger partial charge is 0.332 e. The summed E-state index contributed by atoms with van der Waals surface area (Å²) in [4.78, 5) is 63.0. The molecule has 9 fully saturated rings. The van der Waals surface area contributed by atoms with Crippen LogP contribution in [0.3, 0.4) is 0 Å². The van der Waals surface area contributed by atoms with Crippen LogP contribution in [-0.2, 0) is 109 Å². The maximum Gasteiger partial charge on any atom is 0.332 e. The Kier molecular flexibility index (Phi) is 35.2. The molecule has 46 atom stereocenters. The van der Waals surface area contributed by atoms with Crippen LogP contribution in [0.4, 0.5) is 0 Å². The van der Waals surface area contributed by atoms with Crippen LogP contribution in [0.2, 0.25) is 0 Å². The molecule has 118 heavy (non-hydrogen) atoms. The van der Waals surface area contributed by atoms with Crippen LogP contribution in [0.25, 0.3) is 0 Å². The van der Waals surface area contributed by atoms with E-state index in [1.807, 2.05) is 0 Å². The number of hydrogen-bond donors (Lipinski definition) is 28. The van der Waals surface area contributed by atoms with E-state index in [1.54, 1.807) is 0 Å². The molecule has 51 nitrogen and oxygen atoms in total. The monoisotopic (exact) mass is 1720 g/mol. The molecule has 4 amide bonds. The molecule has 9 aliphatic rings. The summed E-state index contributed by atoms with van der Waals surface area (Å²) in [5.74, 6) is -7.36. The zero-order chi connectivity index (χ0) is 87.1. The summed E-state index contributed by atoms with van der Waals surface area (Å²) >= 11 is 0. The molecule has 0 aromatic rings. The molecule has 9 aliphatic heterocycles. The molecular weight excluding hydrogens is 1610 g/mol. The third-order valence-corrected chi connectivity index (χ3v) is 21.9. The van der Waals surface area contributed by atoms with E-state index in [2.05, 4.69) is 21.3 Å². The van der Waals surface area contributed by atoms with Crippen LogP contribution >= 0.6 is 0 Å². The predicted octanol–water partition coefficient (Wildman–Crippen LogP) is -18.5. The molecule has 0 spiro atoms. The second kappa shape index (κ2) is 42.6. The van der Waals surface area contributed by atoms with Gasteiger partial charge in [-0.2, -0.15) is 0 Å². The maximum absolute atomic E-state index is 13.1. The summed E-state index contributed by atoms with van der Waals surface area (Å²) in [7, 11) is 0. The van der Waals surface area contributed by atoms with Crippen molar-refractivity contribution in [2.45, 2.75) is 324 Å². The molecule has 682 valence electrons. The molecule has 0 aromatic heterocycles. The highest BCUT2D eigenvalue weighted by molar-refractivity contribution is 5.74. The van der Waals surface area contributed by atoms with Gasteiger partial charge in [-0.1, -0.05) is 6.92 Å². The third kappa shape index (κ3) is 21.6. The standard InChI is InChI=1S/C67H112N4O47/c1-18-24(85)7-67(102-17-80,117-52(18)38(87)25(86)8-72)118-57-42(91)29(12-76)105-64(51(57)100)113-55-32(15-79)109-62(37(47(55)96)71-23(6)84)115-58-48(97)40(89)27(10-74)106-65(58)101-16-33-43(92)56(114-66-59(49(98)41(90)28(11-75)107-66)116-60-35(69-21(4)82)44(93)39(88)26(9-73)104-60)50(99)63(110-33)112-54-31(14-78)108-61(36(46(54)95)70-22(5)83)111-53-30(13-77)103-19(2)34(45(53)94)68-20(3)81/h17-19,24-66,72-79,85-100H,7-16H2,1-6H3,(H,68,81)(H,69,82)(H,70,83)(H,71,84)/t18-,19+,24-,25-,26?,27?,28?,29?,30?,31?,32+,33?,34?,35?,36?,37?,38+,39-,40-,41-,42+,43-,44-,45-,46-,47?,48+,49?,50?,51?,52?,53-,54-,55-,56+,57+,58?,59?,60+,61+,62+,63+,64+,65+,66-,67+/m1/s1. The van der Waals surface area contributed by atoms with Gasteiger partial charge in [0.2, 0.25) is 23.6 Å². The van der Waals surface area contributed by atoms with Gasteiger partial charge in [-0.15, -0.1) is 0 Å². The zero-order valence-corrected chi connectivity index (χ0v) is 64.3. The van der Waals surface area contributed by atoms with E-state index in [4.69, 9.17) is 85.3 Å². The lowest BCUT2D eigenvalue weighted by atomic mass is 9.87. The van der Waals surface area contributed by atoms with Crippen LogP contribution in [0, 0.1) is 5.92 Å². The summed E-state index contributed by atoms with van der Waals surface area (Å²) < 4.78 is 107. The van der Waals surface area contributed by atoms with E-state index in [9.17, 15) is 147 Å². The number of nitrogens with one attached hydrogen (secondary N) is 4. The first kappa shape index (κ1) is 97.5. The molecule has 0 radical (unpaired) electrons. The Morgan fingerprint density at radius 3 is 1.17 bits per heavy atom. The second-order valence-corrected chi connectivity index (χ2v) is 30.1. The minimum absolute atomic E-state index is 0.244. The number of carbonyl (C=O) groups excluding carboxylic acids is 5. The number of carbonyl (C=O) groups is 5. The van der Waals surface area contributed by atoms with E-state index in [1.165, 1.54) is 13.8 Å². The van der Waals surface area contributed by atoms with Crippen molar-refractivity contribution < 1.29 is 232 Å². The average Bonchev–Trinajstić information content (AvgIpc) is 0.771. The van der Waals surface area contributed by atoms with Crippen molar-refractivity contribution in [3.05, 3.63) is 0 Å². The van der Waals surface area contributed by atoms with Gasteiger partial charge in [0.05, 0.1) is 90.2 Å². The fourth-order valence-corrected chi connectivity index (χ4v) is 15.5. The van der Waals surface area contributed by atoms with Crippen LogP contribution in [0.5, 0.6) is 0 Å². The summed E-state index contributed by atoms with van der Waals surface area (Å²) in [6, 6.07) is -6.87. The van der Waals surface area contributed by atoms with Gasteiger partial charge in [0.25, 0.3) is 6.47 Å². The van der Waals surface area contributed by atoms with E-state index in [0.29, 0.717) is 0 Å². The molecule has 18 unspecified atom stereocenters. The summed E-state index contributed by atoms with van der Waals surface area (Å²) in [5.41, 5.74) is 0. The number of amides is 4. The fourth-order valence-electron chi connectivity index (χ4n) is 15.5. The van der Waals surface area contributed by atoms with Gasteiger partial charge < -0.3 is 229 Å². The Bertz CT molecular complexity index is 3180. The summed E-state index contributed by atoms with van der Waals surface area (Å²) in [6.07, 6.45) is -82.7. The van der Waals surface area contributed by atoms with Crippen molar-refractivity contribution in [3.63, 3.8) is 0 Å². The molecule has 51 heteroatoms. The minimum Gasteiger partial charge on any atom is -0.410 e. The number of rotatable bonds is 33. The van der Waals surface area contributed by atoms with Gasteiger partial charge in [0.15, 0.2) is 44.0 Å². The van der Waals surface area contributed by atoms with Gasteiger partial charge >= 0.3 is 5.97 Å².